The number of ether oxygens (including phenoxy) is 1. The summed E-state index contributed by atoms with van der Waals surface area (Å²) in [5.41, 5.74) is 5.76. The lowest BCUT2D eigenvalue weighted by molar-refractivity contribution is -0.0468. The number of halogens is 3. The first kappa shape index (κ1) is 15.4. The van der Waals surface area contributed by atoms with Crippen molar-refractivity contribution in [1.82, 2.24) is 0 Å². The fourth-order valence-electron chi connectivity index (χ4n) is 1.91. The zero-order chi connectivity index (χ0) is 15.5. The fraction of sp³-hybridized carbons (Fsp3) is 0.250. The highest BCUT2D eigenvalue weighted by Gasteiger charge is 2.32. The van der Waals surface area contributed by atoms with E-state index in [1.54, 1.807) is 13.0 Å². The van der Waals surface area contributed by atoms with Crippen molar-refractivity contribution in [1.29, 1.82) is 0 Å². The van der Waals surface area contributed by atoms with Crippen LogP contribution in [0.4, 0.5) is 13.2 Å². The smallest absolute Gasteiger partial charge is 0.306 e. The predicted octanol–water partition coefficient (Wildman–Crippen LogP) is 4.02. The predicted molar refractivity (Wildman–Crippen MR) is 74.8 cm³/mol. The standard InChI is InChI=1S/C16H16F3NO/c1-11(20)14-8-7-13(9-15(14)17)21-10-16(18,19)12-5-3-2-4-6-12/h2-9,11H,10,20H2,1H3/t11-/m0/s1. The van der Waals surface area contributed by atoms with Crippen LogP contribution in [0.15, 0.2) is 48.5 Å². The molecule has 0 fully saturated rings. The molecule has 0 aliphatic carbocycles. The van der Waals surface area contributed by atoms with Crippen molar-refractivity contribution in [2.24, 2.45) is 5.73 Å². The van der Waals surface area contributed by atoms with Crippen LogP contribution in [0, 0.1) is 5.82 Å². The topological polar surface area (TPSA) is 35.2 Å². The lowest BCUT2D eigenvalue weighted by atomic mass is 10.1. The Morgan fingerprint density at radius 3 is 2.38 bits per heavy atom. The zero-order valence-corrected chi connectivity index (χ0v) is 11.5. The van der Waals surface area contributed by atoms with Crippen LogP contribution in [0.25, 0.3) is 0 Å². The van der Waals surface area contributed by atoms with Crippen LogP contribution < -0.4 is 10.5 Å². The summed E-state index contributed by atoms with van der Waals surface area (Å²) in [4.78, 5) is 0. The van der Waals surface area contributed by atoms with E-state index in [1.165, 1.54) is 36.4 Å². The van der Waals surface area contributed by atoms with Gasteiger partial charge < -0.3 is 10.5 Å². The molecular weight excluding hydrogens is 279 g/mol. The van der Waals surface area contributed by atoms with E-state index in [2.05, 4.69) is 0 Å². The Balaban J connectivity index is 2.08. The summed E-state index contributed by atoms with van der Waals surface area (Å²) in [5, 5.41) is 0. The molecule has 2 rings (SSSR count). The minimum absolute atomic E-state index is 0.0486. The van der Waals surface area contributed by atoms with Crippen LogP contribution in [-0.2, 0) is 5.92 Å². The van der Waals surface area contributed by atoms with Crippen molar-refractivity contribution in [3.63, 3.8) is 0 Å². The largest absolute Gasteiger partial charge is 0.487 e. The van der Waals surface area contributed by atoms with Crippen LogP contribution in [0.3, 0.4) is 0 Å². The first-order valence-corrected chi connectivity index (χ1v) is 6.51. The molecule has 0 saturated carbocycles. The van der Waals surface area contributed by atoms with E-state index >= 15 is 0 Å². The van der Waals surface area contributed by atoms with Gasteiger partial charge in [0.25, 0.3) is 0 Å². The van der Waals surface area contributed by atoms with E-state index in [4.69, 9.17) is 10.5 Å². The molecule has 0 saturated heterocycles. The van der Waals surface area contributed by atoms with Crippen LogP contribution in [0.1, 0.15) is 24.1 Å². The molecule has 0 aromatic heterocycles. The van der Waals surface area contributed by atoms with Gasteiger partial charge in [0, 0.05) is 23.2 Å². The van der Waals surface area contributed by atoms with Crippen molar-refractivity contribution in [3.8, 4) is 5.75 Å². The molecule has 2 aromatic rings. The number of benzene rings is 2. The lowest BCUT2D eigenvalue weighted by Gasteiger charge is -2.18. The average molecular weight is 295 g/mol. The molecule has 0 unspecified atom stereocenters. The van der Waals surface area contributed by atoms with E-state index in [0.29, 0.717) is 5.56 Å². The van der Waals surface area contributed by atoms with Gasteiger partial charge in [0.2, 0.25) is 0 Å². The molecule has 0 amide bonds. The van der Waals surface area contributed by atoms with Crippen LogP contribution in [-0.4, -0.2) is 6.61 Å². The average Bonchev–Trinajstić information content (AvgIpc) is 2.46. The summed E-state index contributed by atoms with van der Waals surface area (Å²) < 4.78 is 46.5. The van der Waals surface area contributed by atoms with Gasteiger partial charge in [0.1, 0.15) is 11.6 Å². The minimum Gasteiger partial charge on any atom is -0.487 e. The Labute approximate surface area is 121 Å². The quantitative estimate of drug-likeness (QED) is 0.904. The van der Waals surface area contributed by atoms with Crippen molar-refractivity contribution < 1.29 is 17.9 Å². The third-order valence-corrected chi connectivity index (χ3v) is 3.08. The second-order valence-corrected chi connectivity index (χ2v) is 4.83. The molecule has 0 spiro atoms. The van der Waals surface area contributed by atoms with Crippen molar-refractivity contribution in [3.05, 3.63) is 65.5 Å². The van der Waals surface area contributed by atoms with Gasteiger partial charge in [-0.1, -0.05) is 36.4 Å². The van der Waals surface area contributed by atoms with E-state index in [0.717, 1.165) is 6.07 Å². The number of hydrogen-bond donors (Lipinski definition) is 1. The summed E-state index contributed by atoms with van der Waals surface area (Å²) in [7, 11) is 0. The second-order valence-electron chi connectivity index (χ2n) is 4.83. The zero-order valence-electron chi connectivity index (χ0n) is 11.5. The summed E-state index contributed by atoms with van der Waals surface area (Å²) in [5.74, 6) is -3.66. The maximum Gasteiger partial charge on any atom is 0.306 e. The van der Waals surface area contributed by atoms with Gasteiger partial charge in [-0.05, 0) is 13.0 Å². The Morgan fingerprint density at radius 2 is 1.81 bits per heavy atom. The molecule has 5 heteroatoms. The van der Waals surface area contributed by atoms with Crippen LogP contribution >= 0.6 is 0 Å². The molecule has 0 aliphatic rings. The molecule has 112 valence electrons. The van der Waals surface area contributed by atoms with Gasteiger partial charge in [-0.15, -0.1) is 0 Å². The third kappa shape index (κ3) is 3.76. The van der Waals surface area contributed by atoms with Crippen molar-refractivity contribution in [2.45, 2.75) is 18.9 Å². The molecule has 0 heterocycles. The van der Waals surface area contributed by atoms with Gasteiger partial charge in [-0.2, -0.15) is 8.78 Å². The second kappa shape index (κ2) is 6.18. The van der Waals surface area contributed by atoms with Crippen molar-refractivity contribution in [2.75, 3.05) is 6.61 Å². The number of hydrogen-bond acceptors (Lipinski definition) is 2. The van der Waals surface area contributed by atoms with E-state index in [1.807, 2.05) is 0 Å². The molecule has 2 nitrogen and oxygen atoms in total. The number of alkyl halides is 2. The molecular formula is C16H16F3NO. The monoisotopic (exact) mass is 295 g/mol. The summed E-state index contributed by atoms with van der Waals surface area (Å²) >= 11 is 0. The molecule has 21 heavy (non-hydrogen) atoms. The number of nitrogens with two attached hydrogens (primary N) is 1. The van der Waals surface area contributed by atoms with Gasteiger partial charge in [0.15, 0.2) is 6.61 Å². The first-order valence-electron chi connectivity index (χ1n) is 6.51. The number of rotatable bonds is 5. The highest BCUT2D eigenvalue weighted by molar-refractivity contribution is 5.31. The Bertz CT molecular complexity index is 600. The van der Waals surface area contributed by atoms with Crippen LogP contribution in [0.2, 0.25) is 0 Å². The maximum absolute atomic E-state index is 13.9. The van der Waals surface area contributed by atoms with Crippen molar-refractivity contribution >= 4 is 0 Å². The Kier molecular flexibility index (Phi) is 4.53. The van der Waals surface area contributed by atoms with Gasteiger partial charge in [-0.25, -0.2) is 4.39 Å². The highest BCUT2D eigenvalue weighted by atomic mass is 19.3. The Hall–Kier alpha value is -2.01. The Morgan fingerprint density at radius 1 is 1.14 bits per heavy atom. The SMILES string of the molecule is C[C@H](N)c1ccc(OCC(F)(F)c2ccccc2)cc1F. The molecule has 0 aliphatic heterocycles. The van der Waals surface area contributed by atoms with Crippen LogP contribution in [0.5, 0.6) is 5.75 Å². The highest BCUT2D eigenvalue weighted by Crippen LogP contribution is 2.29. The van der Waals surface area contributed by atoms with Gasteiger partial charge >= 0.3 is 5.92 Å². The fourth-order valence-corrected chi connectivity index (χ4v) is 1.91. The first-order chi connectivity index (χ1) is 9.90. The summed E-state index contributed by atoms with van der Waals surface area (Å²) in [6, 6.07) is 10.8. The van der Waals surface area contributed by atoms with E-state index in [9.17, 15) is 13.2 Å². The molecule has 0 radical (unpaired) electrons. The minimum atomic E-state index is -3.14. The molecule has 0 bridgehead atoms. The normalized spacial score (nSPS) is 13.0. The van der Waals surface area contributed by atoms with E-state index in [-0.39, 0.29) is 11.3 Å². The van der Waals surface area contributed by atoms with E-state index < -0.39 is 24.4 Å². The lowest BCUT2D eigenvalue weighted by Crippen LogP contribution is -2.23. The molecule has 1 atom stereocenters. The molecule has 2 N–H and O–H groups in total. The molecule has 2 aromatic carbocycles. The third-order valence-electron chi connectivity index (χ3n) is 3.08. The maximum atomic E-state index is 13.9. The summed E-state index contributed by atoms with van der Waals surface area (Å²) in [6.45, 7) is 0.788. The summed E-state index contributed by atoms with van der Waals surface area (Å²) in [6.07, 6.45) is 0. The van der Waals surface area contributed by atoms with Gasteiger partial charge in [0.05, 0.1) is 0 Å². The van der Waals surface area contributed by atoms with Gasteiger partial charge in [-0.3, -0.25) is 0 Å².